The Balaban J connectivity index is -0.0000000330. The summed E-state index contributed by atoms with van der Waals surface area (Å²) in [7, 11) is -18.0. The van der Waals surface area contributed by atoms with Gasteiger partial charge in [0.1, 0.15) is 5.75 Å². The predicted octanol–water partition coefficient (Wildman–Crippen LogP) is 4.30. The first kappa shape index (κ1) is 46.7. The average Bonchev–Trinajstić information content (AvgIpc) is 2.34. The van der Waals surface area contributed by atoms with E-state index in [9.17, 15) is 51.8 Å². The van der Waals surface area contributed by atoms with E-state index in [1.54, 1.807) is 24.3 Å². The van der Waals surface area contributed by atoms with Crippen LogP contribution in [0.4, 0.5) is 61.2 Å². The maximum absolute atomic E-state index is 9.75. The second-order valence-electron chi connectivity index (χ2n) is 3.52. The molecule has 0 fully saturated rings. The van der Waals surface area contributed by atoms with Crippen molar-refractivity contribution in [2.45, 2.75) is 13.3 Å². The monoisotopic (exact) mass is 491 g/mol. The third kappa shape index (κ3) is 244. The van der Waals surface area contributed by atoms with Crippen molar-refractivity contribution in [1.82, 2.24) is 0 Å². The van der Waals surface area contributed by atoms with Gasteiger partial charge in [0, 0.05) is 0 Å². The number of halogens is 14. The van der Waals surface area contributed by atoms with E-state index in [1.807, 2.05) is 12.1 Å². The number of para-hydroxylation sites is 1. The van der Waals surface area contributed by atoms with E-state index in [0.717, 1.165) is 6.42 Å². The summed E-state index contributed by atoms with van der Waals surface area (Å²) in [6.45, 7) is 5.54. The van der Waals surface area contributed by atoms with Crippen molar-refractivity contribution in [3.8, 4) is 5.75 Å². The number of allylic oxidation sites excluding steroid dienone is 1. The van der Waals surface area contributed by atoms with Crippen molar-refractivity contribution in [2.24, 2.45) is 0 Å². The van der Waals surface area contributed by atoms with Crippen LogP contribution in [-0.2, 0) is 0 Å². The second kappa shape index (κ2) is 25.6. The molecule has 0 aromatic heterocycles. The van der Waals surface area contributed by atoms with Crippen molar-refractivity contribution in [2.75, 3.05) is 0 Å². The molecule has 1 N–H and O–H groups in total. The Morgan fingerprint density at radius 1 is 0.759 bits per heavy atom. The fourth-order valence-electron chi connectivity index (χ4n) is 0.428. The summed E-state index contributed by atoms with van der Waals surface area (Å²) in [6, 6.07) is 8.71. The number of hydrogen-bond acceptors (Lipinski definition) is 1. The van der Waals surface area contributed by atoms with E-state index in [0.29, 0.717) is 5.75 Å². The summed E-state index contributed by atoms with van der Waals surface area (Å²) in [5, 5.41) is 8.63. The number of phenolic OH excluding ortho intramolecular Hbond substituents is 1. The molecule has 0 unspecified atom stereocenters. The van der Waals surface area contributed by atoms with Gasteiger partial charge in [-0.25, -0.2) is 0 Å². The van der Waals surface area contributed by atoms with Crippen LogP contribution in [0, 0.1) is 0 Å². The van der Waals surface area contributed by atoms with Crippen molar-refractivity contribution in [3.63, 3.8) is 0 Å². The Kier molecular flexibility index (Phi) is 41.3. The number of phenols is 1. The Morgan fingerprint density at radius 2 is 0.931 bits per heavy atom. The molecule has 1 aromatic rings. The maximum Gasteiger partial charge on any atom is 1.00 e. The van der Waals surface area contributed by atoms with Gasteiger partial charge in [0.05, 0.1) is 0 Å². The molecule has 0 radical (unpaired) electrons. The Labute approximate surface area is 201 Å². The van der Waals surface area contributed by atoms with Gasteiger partial charge < -0.3 is 58.3 Å². The molecule has 0 heterocycles. The molecule has 0 amide bonds. The molecule has 0 saturated carbocycles. The molecular formula is C10H17B3F14KO-3. The zero-order valence-electron chi connectivity index (χ0n) is 15.9. The van der Waals surface area contributed by atoms with Crippen LogP contribution in [0.25, 0.3) is 0 Å². The number of benzene rings is 1. The topological polar surface area (TPSA) is 20.2 Å². The van der Waals surface area contributed by atoms with Crippen LogP contribution in [0.1, 0.15) is 14.8 Å². The predicted molar refractivity (Wildman–Crippen MR) is 85.3 cm³/mol. The summed E-state index contributed by atoms with van der Waals surface area (Å²) in [4.78, 5) is 0. The van der Waals surface area contributed by atoms with Crippen LogP contribution in [0.5, 0.6) is 5.75 Å². The Hall–Kier alpha value is -0.389. The fraction of sp³-hybridized carbons (Fsp3) is 0.200. The SMILES string of the molecule is C=CCC.F.F.F[B-](F)(F)F.F[B-](F)(F)F.F[B-](F)(F)F.Oc1ccccc1.[H-].[K+]. The van der Waals surface area contributed by atoms with Crippen molar-refractivity contribution in [3.05, 3.63) is 43.0 Å². The van der Waals surface area contributed by atoms with Gasteiger partial charge in [-0.3, -0.25) is 9.41 Å². The Morgan fingerprint density at radius 3 is 1.00 bits per heavy atom. The molecule has 1 rings (SSSR count). The summed E-state index contributed by atoms with van der Waals surface area (Å²) < 4.78 is 117. The molecule has 0 aliphatic rings. The average molecular weight is 491 g/mol. The van der Waals surface area contributed by atoms with Crippen molar-refractivity contribution < 1.29 is 119 Å². The molecule has 19 heteroatoms. The maximum atomic E-state index is 9.75. The molecule has 0 atom stereocenters. The van der Waals surface area contributed by atoms with E-state index in [4.69, 9.17) is 5.11 Å². The van der Waals surface area contributed by atoms with Crippen molar-refractivity contribution in [1.29, 1.82) is 0 Å². The summed E-state index contributed by atoms with van der Waals surface area (Å²) >= 11 is 0. The molecule has 174 valence electrons. The van der Waals surface area contributed by atoms with Gasteiger partial charge in [0.15, 0.2) is 0 Å². The van der Waals surface area contributed by atoms with Gasteiger partial charge in [-0.1, -0.05) is 31.2 Å². The standard InChI is InChI=1S/C6H6O.C4H8.3BF4.2FH.K.H/c7-6-4-2-1-3-5-6;1-3-4-2;3*2-1(3,4)5;;;;/h1-5,7H;3H,1,4H2,2H3;;;;2*1H;;/q;;3*-1;;;+1;-1. The number of rotatable bonds is 1. The molecule has 0 aliphatic heterocycles. The zero-order chi connectivity index (χ0) is 22.0. The molecule has 0 aliphatic carbocycles. The molecule has 29 heavy (non-hydrogen) atoms. The zero-order valence-corrected chi connectivity index (χ0v) is 18.0. The van der Waals surface area contributed by atoms with E-state index in [1.165, 1.54) is 0 Å². The molecule has 1 aromatic carbocycles. The van der Waals surface area contributed by atoms with E-state index >= 15 is 0 Å². The quantitative estimate of drug-likeness (QED) is 0.354. The second-order valence-corrected chi connectivity index (χ2v) is 3.52. The third-order valence-corrected chi connectivity index (χ3v) is 1.04. The van der Waals surface area contributed by atoms with Crippen LogP contribution in [-0.4, -0.2) is 26.9 Å². The van der Waals surface area contributed by atoms with E-state index in [2.05, 4.69) is 13.5 Å². The van der Waals surface area contributed by atoms with E-state index < -0.39 is 21.8 Å². The van der Waals surface area contributed by atoms with Crippen LogP contribution in [0.3, 0.4) is 0 Å². The minimum atomic E-state index is -6.00. The number of hydrogen-bond donors (Lipinski definition) is 1. The van der Waals surface area contributed by atoms with Gasteiger partial charge in [-0.05, 0) is 18.6 Å². The summed E-state index contributed by atoms with van der Waals surface area (Å²) in [5.41, 5.74) is 0. The van der Waals surface area contributed by atoms with Gasteiger partial charge >= 0.3 is 73.1 Å². The first-order chi connectivity index (χ1) is 11.3. The molecule has 1 nitrogen and oxygen atoms in total. The van der Waals surface area contributed by atoms with Gasteiger partial charge in [0.2, 0.25) is 0 Å². The largest absolute Gasteiger partial charge is 1.00 e. The first-order valence-corrected chi connectivity index (χ1v) is 6.28. The third-order valence-electron chi connectivity index (χ3n) is 1.04. The summed E-state index contributed by atoms with van der Waals surface area (Å²) in [5.74, 6) is 0.322. The van der Waals surface area contributed by atoms with Crippen LogP contribution >= 0.6 is 0 Å². The number of aromatic hydroxyl groups is 1. The minimum absolute atomic E-state index is 0. The normalized spacial score (nSPS) is 9.14. The van der Waals surface area contributed by atoms with Crippen LogP contribution in [0.15, 0.2) is 43.0 Å². The van der Waals surface area contributed by atoms with Crippen LogP contribution < -0.4 is 51.4 Å². The van der Waals surface area contributed by atoms with E-state index in [-0.39, 0.29) is 62.2 Å². The van der Waals surface area contributed by atoms with Crippen LogP contribution in [0.2, 0.25) is 0 Å². The molecular weight excluding hydrogens is 474 g/mol. The first-order valence-electron chi connectivity index (χ1n) is 6.28. The molecule has 0 spiro atoms. The fourth-order valence-corrected chi connectivity index (χ4v) is 0.428. The Bertz CT molecular complexity index is 386. The summed E-state index contributed by atoms with van der Waals surface area (Å²) in [6.07, 6.45) is 2.96. The van der Waals surface area contributed by atoms with Gasteiger partial charge in [0.25, 0.3) is 0 Å². The van der Waals surface area contributed by atoms with Crippen molar-refractivity contribution >= 4 is 21.8 Å². The minimum Gasteiger partial charge on any atom is -1.00 e. The molecule has 0 saturated heterocycles. The van der Waals surface area contributed by atoms with Gasteiger partial charge in [-0.2, -0.15) is 0 Å². The molecule has 0 bridgehead atoms. The van der Waals surface area contributed by atoms with Gasteiger partial charge in [-0.15, -0.1) is 6.58 Å². The smallest absolute Gasteiger partial charge is 1.00 e.